The fourth-order valence-corrected chi connectivity index (χ4v) is 4.96. The van der Waals surface area contributed by atoms with Crippen LogP contribution >= 0.6 is 0 Å². The van der Waals surface area contributed by atoms with E-state index in [9.17, 15) is 9.18 Å². The van der Waals surface area contributed by atoms with Crippen molar-refractivity contribution in [2.75, 3.05) is 39.3 Å². The summed E-state index contributed by atoms with van der Waals surface area (Å²) in [6.45, 7) is 6.97. The average molecular weight is 421 g/mol. The second-order valence-electron chi connectivity index (χ2n) is 8.85. The predicted octanol–water partition coefficient (Wildman–Crippen LogP) is 3.27. The zero-order valence-electron chi connectivity index (χ0n) is 17.8. The summed E-state index contributed by atoms with van der Waals surface area (Å²) in [6, 6.07) is 15.6. The SMILES string of the molecule is N#Cc1ccc(C(=O)NCCCN2CC3CC(C2)CN(Cc2ccc(F)cc2)C3)cc1. The van der Waals surface area contributed by atoms with Gasteiger partial charge in [-0.15, -0.1) is 0 Å². The molecule has 0 aliphatic carbocycles. The van der Waals surface area contributed by atoms with Crippen molar-refractivity contribution in [1.29, 1.82) is 5.26 Å². The zero-order chi connectivity index (χ0) is 21.6. The molecule has 2 saturated heterocycles. The molecular weight excluding hydrogens is 391 g/mol. The Balaban J connectivity index is 1.18. The van der Waals surface area contributed by atoms with Crippen molar-refractivity contribution in [3.8, 4) is 6.07 Å². The summed E-state index contributed by atoms with van der Waals surface area (Å²) in [5, 5.41) is 11.8. The minimum atomic E-state index is -0.178. The van der Waals surface area contributed by atoms with Gasteiger partial charge >= 0.3 is 0 Å². The van der Waals surface area contributed by atoms with Crippen molar-refractivity contribution >= 4 is 5.91 Å². The van der Waals surface area contributed by atoms with Gasteiger partial charge in [0.25, 0.3) is 5.91 Å². The van der Waals surface area contributed by atoms with Gasteiger partial charge in [-0.3, -0.25) is 9.69 Å². The molecule has 31 heavy (non-hydrogen) atoms. The number of benzene rings is 2. The highest BCUT2D eigenvalue weighted by Crippen LogP contribution is 2.29. The third kappa shape index (κ3) is 5.90. The molecule has 2 atom stereocenters. The predicted molar refractivity (Wildman–Crippen MR) is 118 cm³/mol. The van der Waals surface area contributed by atoms with Gasteiger partial charge in [0.15, 0.2) is 0 Å². The van der Waals surface area contributed by atoms with Crippen LogP contribution in [-0.2, 0) is 6.54 Å². The Morgan fingerprint density at radius 3 is 2.29 bits per heavy atom. The molecule has 0 radical (unpaired) electrons. The van der Waals surface area contributed by atoms with Gasteiger partial charge in [0.1, 0.15) is 5.82 Å². The number of nitriles is 1. The smallest absolute Gasteiger partial charge is 0.251 e. The number of rotatable bonds is 7. The Labute approximate surface area is 183 Å². The number of amides is 1. The van der Waals surface area contributed by atoms with Crippen LogP contribution in [0.15, 0.2) is 48.5 Å². The van der Waals surface area contributed by atoms with Gasteiger partial charge < -0.3 is 10.2 Å². The van der Waals surface area contributed by atoms with Crippen LogP contribution in [0.25, 0.3) is 0 Å². The summed E-state index contributed by atoms with van der Waals surface area (Å²) in [4.78, 5) is 17.3. The lowest BCUT2D eigenvalue weighted by Crippen LogP contribution is -2.52. The molecule has 4 rings (SSSR count). The highest BCUT2D eigenvalue weighted by Gasteiger charge is 2.33. The van der Waals surface area contributed by atoms with Crippen LogP contribution in [-0.4, -0.2) is 55.0 Å². The summed E-state index contributed by atoms with van der Waals surface area (Å²) < 4.78 is 13.1. The number of halogens is 1. The number of carbonyl (C=O) groups excluding carboxylic acids is 1. The molecule has 6 heteroatoms. The minimum Gasteiger partial charge on any atom is -0.352 e. The van der Waals surface area contributed by atoms with Gasteiger partial charge in [-0.2, -0.15) is 5.26 Å². The summed E-state index contributed by atoms with van der Waals surface area (Å²) in [5.41, 5.74) is 2.33. The maximum absolute atomic E-state index is 13.1. The van der Waals surface area contributed by atoms with Crippen molar-refractivity contribution in [1.82, 2.24) is 15.1 Å². The van der Waals surface area contributed by atoms with E-state index in [4.69, 9.17) is 5.26 Å². The number of hydrogen-bond donors (Lipinski definition) is 1. The average Bonchev–Trinajstić information content (AvgIpc) is 2.77. The Kier molecular flexibility index (Phi) is 6.96. The zero-order valence-corrected chi connectivity index (χ0v) is 17.8. The fraction of sp³-hybridized carbons (Fsp3) is 0.440. The number of hydrogen-bond acceptors (Lipinski definition) is 4. The third-order valence-electron chi connectivity index (χ3n) is 6.26. The molecular formula is C25H29FN4O. The first-order valence-corrected chi connectivity index (χ1v) is 11.1. The Morgan fingerprint density at radius 2 is 1.65 bits per heavy atom. The molecule has 2 aromatic carbocycles. The number of likely N-dealkylation sites (tertiary alicyclic amines) is 2. The standard InChI is InChI=1S/C25H29FN4O/c26-24-8-4-20(5-9-24)14-30-17-21-12-22(18-30)16-29(15-21)11-1-10-28-25(31)23-6-2-19(13-27)3-7-23/h2-9,21-22H,1,10-12,14-18H2,(H,28,31). The highest BCUT2D eigenvalue weighted by atomic mass is 19.1. The van der Waals surface area contributed by atoms with E-state index in [1.165, 1.54) is 12.0 Å². The van der Waals surface area contributed by atoms with Crippen LogP contribution in [0, 0.1) is 29.0 Å². The number of piperidine rings is 2. The van der Waals surface area contributed by atoms with E-state index in [1.807, 2.05) is 12.1 Å². The highest BCUT2D eigenvalue weighted by molar-refractivity contribution is 5.94. The molecule has 2 heterocycles. The maximum atomic E-state index is 13.1. The molecule has 0 saturated carbocycles. The van der Waals surface area contributed by atoms with E-state index in [-0.39, 0.29) is 11.7 Å². The molecule has 1 N–H and O–H groups in total. The van der Waals surface area contributed by atoms with Crippen LogP contribution in [0.3, 0.4) is 0 Å². The molecule has 1 amide bonds. The maximum Gasteiger partial charge on any atom is 0.251 e. The van der Waals surface area contributed by atoms with Crippen molar-refractivity contribution in [3.05, 3.63) is 71.0 Å². The molecule has 2 unspecified atom stereocenters. The van der Waals surface area contributed by atoms with Crippen molar-refractivity contribution in [3.63, 3.8) is 0 Å². The van der Waals surface area contributed by atoms with Crippen LogP contribution in [0.1, 0.15) is 34.3 Å². The summed E-state index contributed by atoms with van der Waals surface area (Å²) in [6.07, 6.45) is 2.23. The molecule has 2 aliphatic rings. The second-order valence-corrected chi connectivity index (χ2v) is 8.85. The lowest BCUT2D eigenvalue weighted by molar-refractivity contribution is 0.0273. The van der Waals surface area contributed by atoms with Crippen LogP contribution in [0.4, 0.5) is 4.39 Å². The van der Waals surface area contributed by atoms with E-state index in [0.717, 1.165) is 45.7 Å². The largest absolute Gasteiger partial charge is 0.352 e. The van der Waals surface area contributed by atoms with Gasteiger partial charge in [0.2, 0.25) is 0 Å². The minimum absolute atomic E-state index is 0.0866. The quantitative estimate of drug-likeness (QED) is 0.699. The first-order valence-electron chi connectivity index (χ1n) is 11.1. The van der Waals surface area contributed by atoms with Crippen molar-refractivity contribution in [2.24, 2.45) is 11.8 Å². The van der Waals surface area contributed by atoms with Crippen LogP contribution < -0.4 is 5.32 Å². The Hall–Kier alpha value is -2.75. The van der Waals surface area contributed by atoms with Crippen LogP contribution in [0.5, 0.6) is 0 Å². The van der Waals surface area contributed by atoms with Gasteiger partial charge in [-0.25, -0.2) is 4.39 Å². The van der Waals surface area contributed by atoms with Gasteiger partial charge in [0.05, 0.1) is 11.6 Å². The number of carbonyl (C=O) groups is 1. The number of fused-ring (bicyclic) bond motifs is 2. The lowest BCUT2D eigenvalue weighted by Gasteiger charge is -2.46. The first-order chi connectivity index (χ1) is 15.1. The second kappa shape index (κ2) is 10.0. The number of nitrogens with one attached hydrogen (secondary N) is 1. The third-order valence-corrected chi connectivity index (χ3v) is 6.26. The molecule has 2 bridgehead atoms. The van der Waals surface area contributed by atoms with Crippen LogP contribution in [0.2, 0.25) is 0 Å². The monoisotopic (exact) mass is 420 g/mol. The Bertz CT molecular complexity index is 908. The van der Waals surface area contributed by atoms with Crippen molar-refractivity contribution < 1.29 is 9.18 Å². The van der Waals surface area contributed by atoms with E-state index >= 15 is 0 Å². The molecule has 0 aromatic heterocycles. The number of nitrogens with zero attached hydrogens (tertiary/aromatic N) is 3. The molecule has 2 fully saturated rings. The molecule has 162 valence electrons. The van der Waals surface area contributed by atoms with E-state index in [0.29, 0.717) is 29.5 Å². The normalized spacial score (nSPS) is 21.4. The van der Waals surface area contributed by atoms with Gasteiger partial charge in [0, 0.05) is 44.8 Å². The van der Waals surface area contributed by atoms with E-state index in [1.54, 1.807) is 36.4 Å². The van der Waals surface area contributed by atoms with E-state index in [2.05, 4.69) is 21.2 Å². The van der Waals surface area contributed by atoms with Gasteiger partial charge in [-0.05, 0) is 73.2 Å². The summed E-state index contributed by atoms with van der Waals surface area (Å²) in [5.74, 6) is 1.10. The topological polar surface area (TPSA) is 59.4 Å². The molecule has 2 aliphatic heterocycles. The van der Waals surface area contributed by atoms with E-state index < -0.39 is 0 Å². The Morgan fingerprint density at radius 1 is 1.00 bits per heavy atom. The molecule has 0 spiro atoms. The summed E-state index contributed by atoms with van der Waals surface area (Å²) >= 11 is 0. The molecule has 2 aromatic rings. The van der Waals surface area contributed by atoms with Crippen molar-refractivity contribution in [2.45, 2.75) is 19.4 Å². The summed E-state index contributed by atoms with van der Waals surface area (Å²) in [7, 11) is 0. The first kappa shape index (κ1) is 21.5. The lowest BCUT2D eigenvalue weighted by atomic mass is 9.84. The van der Waals surface area contributed by atoms with Gasteiger partial charge in [-0.1, -0.05) is 12.1 Å². The molecule has 5 nitrogen and oxygen atoms in total. The fourth-order valence-electron chi connectivity index (χ4n) is 4.96.